The monoisotopic (exact) mass is 277 g/mol. The predicted molar refractivity (Wildman–Crippen MR) is 69.8 cm³/mol. The van der Waals surface area contributed by atoms with Gasteiger partial charge < -0.3 is 5.11 Å². The molecule has 18 heavy (non-hydrogen) atoms. The largest absolute Gasteiger partial charge is 0.480 e. The molecule has 1 aliphatic carbocycles. The zero-order chi connectivity index (χ0) is 13.8. The molecule has 5 nitrogen and oxygen atoms in total. The molecule has 0 saturated heterocycles. The number of nitrogens with one attached hydrogen (secondary N) is 1. The van der Waals surface area contributed by atoms with Crippen LogP contribution in [0.2, 0.25) is 0 Å². The van der Waals surface area contributed by atoms with Crippen LogP contribution in [0.5, 0.6) is 0 Å². The Morgan fingerprint density at radius 1 is 1.28 bits per heavy atom. The van der Waals surface area contributed by atoms with E-state index in [1.165, 1.54) is 0 Å². The van der Waals surface area contributed by atoms with Crippen molar-refractivity contribution in [3.8, 4) is 0 Å². The van der Waals surface area contributed by atoms with Gasteiger partial charge in [-0.15, -0.1) is 0 Å². The summed E-state index contributed by atoms with van der Waals surface area (Å²) in [6.45, 7) is 3.90. The van der Waals surface area contributed by atoms with E-state index >= 15 is 0 Å². The second kappa shape index (κ2) is 6.02. The molecular weight excluding hydrogens is 254 g/mol. The van der Waals surface area contributed by atoms with Crippen molar-refractivity contribution in [3.63, 3.8) is 0 Å². The molecule has 6 heteroatoms. The van der Waals surface area contributed by atoms with Gasteiger partial charge in [-0.2, -0.15) is 4.72 Å². The Labute approximate surface area is 109 Å². The zero-order valence-corrected chi connectivity index (χ0v) is 11.9. The molecule has 1 aliphatic rings. The van der Waals surface area contributed by atoms with Crippen LogP contribution < -0.4 is 4.72 Å². The number of hydrogen-bond donors (Lipinski definition) is 2. The van der Waals surface area contributed by atoms with E-state index in [0.29, 0.717) is 19.3 Å². The Morgan fingerprint density at radius 3 is 2.28 bits per heavy atom. The van der Waals surface area contributed by atoms with Crippen molar-refractivity contribution in [3.05, 3.63) is 0 Å². The first-order chi connectivity index (χ1) is 8.27. The maximum atomic E-state index is 11.9. The molecule has 1 rings (SSSR count). The molecule has 0 aromatic carbocycles. The van der Waals surface area contributed by atoms with Gasteiger partial charge in [0.2, 0.25) is 10.0 Å². The Hall–Kier alpha value is -0.620. The van der Waals surface area contributed by atoms with E-state index in [1.54, 1.807) is 0 Å². The number of carboxylic acids is 1. The van der Waals surface area contributed by atoms with Gasteiger partial charge in [0.25, 0.3) is 0 Å². The predicted octanol–water partition coefficient (Wildman–Crippen LogP) is 1.74. The number of sulfonamides is 1. The molecule has 2 N–H and O–H groups in total. The number of hydrogen-bond acceptors (Lipinski definition) is 3. The Balaban J connectivity index is 2.74. The summed E-state index contributed by atoms with van der Waals surface area (Å²) in [5.74, 6) is -0.760. The molecule has 0 heterocycles. The first-order valence-corrected chi connectivity index (χ1v) is 8.18. The van der Waals surface area contributed by atoms with Gasteiger partial charge in [0.05, 0.1) is 5.75 Å². The SMILES string of the molecule is CC(C)CCS(=O)(=O)NC1(C(=O)O)CCCCC1. The van der Waals surface area contributed by atoms with Crippen LogP contribution in [-0.2, 0) is 14.8 Å². The Morgan fingerprint density at radius 2 is 1.83 bits per heavy atom. The van der Waals surface area contributed by atoms with E-state index in [2.05, 4.69) is 4.72 Å². The van der Waals surface area contributed by atoms with Crippen LogP contribution in [0.15, 0.2) is 0 Å². The topological polar surface area (TPSA) is 83.5 Å². The lowest BCUT2D eigenvalue weighted by Crippen LogP contribution is -2.56. The van der Waals surface area contributed by atoms with Crippen molar-refractivity contribution in [2.24, 2.45) is 5.92 Å². The molecule has 0 atom stereocenters. The molecule has 0 aromatic rings. The molecule has 0 bridgehead atoms. The summed E-state index contributed by atoms with van der Waals surface area (Å²) in [5, 5.41) is 9.30. The molecule has 0 radical (unpaired) electrons. The molecule has 0 amide bonds. The van der Waals surface area contributed by atoms with Crippen molar-refractivity contribution in [1.29, 1.82) is 0 Å². The normalized spacial score (nSPS) is 19.9. The summed E-state index contributed by atoms with van der Waals surface area (Å²) in [7, 11) is -3.51. The molecule has 0 aromatic heterocycles. The van der Waals surface area contributed by atoms with Crippen LogP contribution in [0.3, 0.4) is 0 Å². The van der Waals surface area contributed by atoms with Crippen LogP contribution in [-0.4, -0.2) is 30.8 Å². The van der Waals surface area contributed by atoms with Gasteiger partial charge in [0.1, 0.15) is 5.54 Å². The number of aliphatic carboxylic acids is 1. The van der Waals surface area contributed by atoms with Gasteiger partial charge in [0, 0.05) is 0 Å². The van der Waals surface area contributed by atoms with Gasteiger partial charge >= 0.3 is 5.97 Å². The van der Waals surface area contributed by atoms with Crippen molar-refractivity contribution < 1.29 is 18.3 Å². The van der Waals surface area contributed by atoms with Crippen LogP contribution in [0.1, 0.15) is 52.4 Å². The standard InChI is InChI=1S/C12H23NO4S/c1-10(2)6-9-18(16,17)13-12(11(14)15)7-4-3-5-8-12/h10,13H,3-9H2,1-2H3,(H,14,15). The minimum Gasteiger partial charge on any atom is -0.480 e. The lowest BCUT2D eigenvalue weighted by atomic mass is 9.83. The first kappa shape index (κ1) is 15.4. The zero-order valence-electron chi connectivity index (χ0n) is 11.1. The lowest BCUT2D eigenvalue weighted by Gasteiger charge is -2.33. The molecule has 1 fully saturated rings. The summed E-state index contributed by atoms with van der Waals surface area (Å²) >= 11 is 0. The van der Waals surface area contributed by atoms with Crippen molar-refractivity contribution >= 4 is 16.0 Å². The van der Waals surface area contributed by atoms with Gasteiger partial charge in [0.15, 0.2) is 0 Å². The second-order valence-electron chi connectivity index (χ2n) is 5.55. The summed E-state index contributed by atoms with van der Waals surface area (Å²) in [4.78, 5) is 11.4. The van der Waals surface area contributed by atoms with Gasteiger partial charge in [-0.05, 0) is 25.2 Å². The van der Waals surface area contributed by atoms with Crippen LogP contribution in [0.4, 0.5) is 0 Å². The van der Waals surface area contributed by atoms with E-state index in [1.807, 2.05) is 13.8 Å². The average molecular weight is 277 g/mol. The molecule has 0 aliphatic heterocycles. The van der Waals surface area contributed by atoms with Gasteiger partial charge in [-0.3, -0.25) is 4.79 Å². The third kappa shape index (κ3) is 4.24. The first-order valence-electron chi connectivity index (χ1n) is 6.52. The molecular formula is C12H23NO4S. The lowest BCUT2D eigenvalue weighted by molar-refractivity contribution is -0.145. The maximum absolute atomic E-state index is 11.9. The van der Waals surface area contributed by atoms with Crippen LogP contribution >= 0.6 is 0 Å². The maximum Gasteiger partial charge on any atom is 0.324 e. The third-order valence-electron chi connectivity index (χ3n) is 3.43. The summed E-state index contributed by atoms with van der Waals surface area (Å²) in [6, 6.07) is 0. The quantitative estimate of drug-likeness (QED) is 0.774. The van der Waals surface area contributed by atoms with E-state index in [9.17, 15) is 18.3 Å². The smallest absolute Gasteiger partial charge is 0.324 e. The Bertz CT molecular complexity index is 383. The fourth-order valence-electron chi connectivity index (χ4n) is 2.25. The third-order valence-corrected chi connectivity index (χ3v) is 4.91. The van der Waals surface area contributed by atoms with E-state index < -0.39 is 21.5 Å². The summed E-state index contributed by atoms with van der Waals surface area (Å²) in [5.41, 5.74) is -1.27. The minimum absolute atomic E-state index is 0.000301. The Kier molecular flexibility index (Phi) is 5.16. The minimum atomic E-state index is -3.51. The van der Waals surface area contributed by atoms with Crippen molar-refractivity contribution in [2.75, 3.05) is 5.75 Å². The van der Waals surface area contributed by atoms with E-state index in [4.69, 9.17) is 0 Å². The fourth-order valence-corrected chi connectivity index (χ4v) is 4.02. The highest BCUT2D eigenvalue weighted by atomic mass is 32.2. The molecule has 0 unspecified atom stereocenters. The molecule has 1 saturated carbocycles. The second-order valence-corrected chi connectivity index (χ2v) is 7.39. The number of carboxylic acid groups (broad SMARTS) is 1. The van der Waals surface area contributed by atoms with Crippen LogP contribution in [0, 0.1) is 5.92 Å². The summed E-state index contributed by atoms with van der Waals surface area (Å²) < 4.78 is 26.3. The van der Waals surface area contributed by atoms with Crippen LogP contribution in [0.25, 0.3) is 0 Å². The van der Waals surface area contributed by atoms with Crippen molar-refractivity contribution in [1.82, 2.24) is 4.72 Å². The van der Waals surface area contributed by atoms with Crippen molar-refractivity contribution in [2.45, 2.75) is 57.9 Å². The number of carbonyl (C=O) groups is 1. The van der Waals surface area contributed by atoms with Gasteiger partial charge in [-0.1, -0.05) is 33.1 Å². The highest BCUT2D eigenvalue weighted by Gasteiger charge is 2.42. The fraction of sp³-hybridized carbons (Fsp3) is 0.917. The number of rotatable bonds is 6. The van der Waals surface area contributed by atoms with E-state index in [-0.39, 0.29) is 11.7 Å². The summed E-state index contributed by atoms with van der Waals surface area (Å²) in [6.07, 6.45) is 3.83. The average Bonchev–Trinajstić information content (AvgIpc) is 2.27. The molecule has 0 spiro atoms. The molecule has 106 valence electrons. The highest BCUT2D eigenvalue weighted by molar-refractivity contribution is 7.89. The van der Waals surface area contributed by atoms with E-state index in [0.717, 1.165) is 19.3 Å². The highest BCUT2D eigenvalue weighted by Crippen LogP contribution is 2.29. The van der Waals surface area contributed by atoms with Gasteiger partial charge in [-0.25, -0.2) is 8.42 Å².